The molecular formula is C15H12O4. The first-order valence-electron chi connectivity index (χ1n) is 5.83. The second kappa shape index (κ2) is 4.31. The van der Waals surface area contributed by atoms with E-state index in [1.165, 1.54) is 0 Å². The summed E-state index contributed by atoms with van der Waals surface area (Å²) in [5.74, 6) is 1.13. The quantitative estimate of drug-likeness (QED) is 0.522. The van der Waals surface area contributed by atoms with Gasteiger partial charge in [0.25, 0.3) is 0 Å². The number of ether oxygens (including phenoxy) is 2. The zero-order valence-electron chi connectivity index (χ0n) is 10.6. The Hall–Kier alpha value is -2.49. The first kappa shape index (κ1) is 11.6. The Morgan fingerprint density at radius 3 is 2.47 bits per heavy atom. The van der Waals surface area contributed by atoms with Crippen molar-refractivity contribution in [3.05, 3.63) is 46.8 Å². The maximum atomic E-state index is 12.0. The molecule has 0 spiro atoms. The number of hydrogen-bond donors (Lipinski definition) is 0. The minimum Gasteiger partial charge on any atom is -0.493 e. The molecule has 0 N–H and O–H groups in total. The van der Waals surface area contributed by atoms with Crippen molar-refractivity contribution >= 4 is 21.7 Å². The number of fused-ring (bicyclic) bond motifs is 3. The van der Waals surface area contributed by atoms with E-state index in [1.807, 2.05) is 18.2 Å². The standard InChI is InChI=1S/C15H12O4/c1-17-12-8-7-10-13(14(12)18-2)9-5-3-4-6-11(9)19-15(10)16/h3-8H,1-2H3. The van der Waals surface area contributed by atoms with Crippen molar-refractivity contribution in [3.8, 4) is 11.5 Å². The molecule has 1 heterocycles. The Labute approximate surface area is 109 Å². The summed E-state index contributed by atoms with van der Waals surface area (Å²) in [5, 5.41) is 2.03. The van der Waals surface area contributed by atoms with E-state index in [-0.39, 0.29) is 5.63 Å². The molecular weight excluding hydrogens is 244 g/mol. The summed E-state index contributed by atoms with van der Waals surface area (Å²) in [6.45, 7) is 0. The lowest BCUT2D eigenvalue weighted by Crippen LogP contribution is -2.02. The summed E-state index contributed by atoms with van der Waals surface area (Å²) in [6.07, 6.45) is 0. The Kier molecular flexibility index (Phi) is 2.63. The van der Waals surface area contributed by atoms with Crippen LogP contribution in [0.4, 0.5) is 0 Å². The molecule has 0 bridgehead atoms. The highest BCUT2D eigenvalue weighted by molar-refractivity contribution is 6.08. The Morgan fingerprint density at radius 2 is 1.74 bits per heavy atom. The number of rotatable bonds is 2. The van der Waals surface area contributed by atoms with Crippen molar-refractivity contribution in [3.63, 3.8) is 0 Å². The van der Waals surface area contributed by atoms with Crippen molar-refractivity contribution in [1.29, 1.82) is 0 Å². The average Bonchev–Trinajstić information content (AvgIpc) is 2.46. The highest BCUT2D eigenvalue weighted by Gasteiger charge is 2.15. The van der Waals surface area contributed by atoms with E-state index in [2.05, 4.69) is 0 Å². The zero-order chi connectivity index (χ0) is 13.4. The lowest BCUT2D eigenvalue weighted by atomic mass is 10.1. The van der Waals surface area contributed by atoms with Crippen molar-refractivity contribution in [2.45, 2.75) is 0 Å². The summed E-state index contributed by atoms with van der Waals surface area (Å²) in [4.78, 5) is 12.0. The Bertz CT molecular complexity index is 817. The van der Waals surface area contributed by atoms with E-state index in [9.17, 15) is 4.79 Å². The van der Waals surface area contributed by atoms with Gasteiger partial charge in [-0.3, -0.25) is 0 Å². The molecule has 0 fully saturated rings. The van der Waals surface area contributed by atoms with E-state index in [4.69, 9.17) is 13.9 Å². The van der Waals surface area contributed by atoms with Crippen molar-refractivity contribution < 1.29 is 13.9 Å². The van der Waals surface area contributed by atoms with Gasteiger partial charge in [-0.05, 0) is 18.2 Å². The summed E-state index contributed by atoms with van der Waals surface area (Å²) in [5.41, 5.74) is 0.154. The fourth-order valence-electron chi connectivity index (χ4n) is 2.28. The Morgan fingerprint density at radius 1 is 0.947 bits per heavy atom. The van der Waals surface area contributed by atoms with Gasteiger partial charge in [-0.15, -0.1) is 0 Å². The molecule has 0 aliphatic heterocycles. The van der Waals surface area contributed by atoms with Crippen molar-refractivity contribution in [2.75, 3.05) is 14.2 Å². The molecule has 0 aliphatic rings. The second-order valence-electron chi connectivity index (χ2n) is 4.11. The molecule has 0 unspecified atom stereocenters. The van der Waals surface area contributed by atoms with Gasteiger partial charge in [0.2, 0.25) is 0 Å². The third kappa shape index (κ3) is 1.64. The molecule has 3 aromatic rings. The molecule has 3 rings (SSSR count). The van der Waals surface area contributed by atoms with Crippen LogP contribution in [0.2, 0.25) is 0 Å². The van der Waals surface area contributed by atoms with Gasteiger partial charge >= 0.3 is 5.63 Å². The molecule has 19 heavy (non-hydrogen) atoms. The fraction of sp³-hybridized carbons (Fsp3) is 0.133. The maximum absolute atomic E-state index is 12.0. The molecule has 0 amide bonds. The van der Waals surface area contributed by atoms with Crippen LogP contribution in [0.15, 0.2) is 45.6 Å². The first-order valence-corrected chi connectivity index (χ1v) is 5.83. The van der Waals surface area contributed by atoms with Gasteiger partial charge in [0.15, 0.2) is 11.5 Å². The summed E-state index contributed by atoms with van der Waals surface area (Å²) < 4.78 is 16.0. The molecule has 4 heteroatoms. The minimum atomic E-state index is -0.380. The van der Waals surface area contributed by atoms with Crippen LogP contribution < -0.4 is 15.1 Å². The first-order chi connectivity index (χ1) is 9.26. The molecule has 0 saturated heterocycles. The minimum absolute atomic E-state index is 0.380. The molecule has 4 nitrogen and oxygen atoms in total. The summed E-state index contributed by atoms with van der Waals surface area (Å²) >= 11 is 0. The summed E-state index contributed by atoms with van der Waals surface area (Å²) in [7, 11) is 3.12. The van der Waals surface area contributed by atoms with Gasteiger partial charge in [0.1, 0.15) is 5.58 Å². The predicted molar refractivity (Wildman–Crippen MR) is 73.1 cm³/mol. The van der Waals surface area contributed by atoms with Gasteiger partial charge < -0.3 is 13.9 Å². The van der Waals surface area contributed by atoms with Gasteiger partial charge in [-0.1, -0.05) is 18.2 Å². The van der Waals surface area contributed by atoms with Crippen molar-refractivity contribution in [1.82, 2.24) is 0 Å². The smallest absolute Gasteiger partial charge is 0.344 e. The molecule has 0 radical (unpaired) electrons. The fourth-order valence-corrected chi connectivity index (χ4v) is 2.28. The van der Waals surface area contributed by atoms with Crippen LogP contribution in [0.5, 0.6) is 11.5 Å². The molecule has 0 atom stereocenters. The topological polar surface area (TPSA) is 48.7 Å². The van der Waals surface area contributed by atoms with Crippen LogP contribution in [-0.4, -0.2) is 14.2 Å². The van der Waals surface area contributed by atoms with Crippen LogP contribution in [0, 0.1) is 0 Å². The number of para-hydroxylation sites is 1. The molecule has 1 aromatic heterocycles. The third-order valence-electron chi connectivity index (χ3n) is 3.12. The zero-order valence-corrected chi connectivity index (χ0v) is 10.6. The van der Waals surface area contributed by atoms with E-state index in [1.54, 1.807) is 32.4 Å². The van der Waals surface area contributed by atoms with Crippen LogP contribution in [0.3, 0.4) is 0 Å². The van der Waals surface area contributed by atoms with Gasteiger partial charge in [0, 0.05) is 10.8 Å². The maximum Gasteiger partial charge on any atom is 0.344 e. The lowest BCUT2D eigenvalue weighted by molar-refractivity contribution is 0.358. The largest absolute Gasteiger partial charge is 0.493 e. The predicted octanol–water partition coefficient (Wildman–Crippen LogP) is 2.96. The van der Waals surface area contributed by atoms with E-state index in [0.717, 1.165) is 5.39 Å². The number of benzene rings is 2. The van der Waals surface area contributed by atoms with Crippen LogP contribution in [0.25, 0.3) is 21.7 Å². The van der Waals surface area contributed by atoms with E-state index < -0.39 is 0 Å². The average molecular weight is 256 g/mol. The van der Waals surface area contributed by atoms with Crippen LogP contribution in [0.1, 0.15) is 0 Å². The van der Waals surface area contributed by atoms with Gasteiger partial charge in [0.05, 0.1) is 19.6 Å². The normalized spacial score (nSPS) is 10.8. The summed E-state index contributed by atoms with van der Waals surface area (Å²) in [6, 6.07) is 10.8. The second-order valence-corrected chi connectivity index (χ2v) is 4.11. The lowest BCUT2D eigenvalue weighted by Gasteiger charge is -2.11. The number of methoxy groups -OCH3 is 2. The molecule has 2 aromatic carbocycles. The molecule has 96 valence electrons. The SMILES string of the molecule is COc1ccc2c(=O)oc3ccccc3c2c1OC. The monoisotopic (exact) mass is 256 g/mol. The Balaban J connectivity index is 2.63. The van der Waals surface area contributed by atoms with Crippen LogP contribution >= 0.6 is 0 Å². The number of hydrogen-bond acceptors (Lipinski definition) is 4. The van der Waals surface area contributed by atoms with Crippen LogP contribution in [-0.2, 0) is 0 Å². The highest BCUT2D eigenvalue weighted by Crippen LogP contribution is 2.37. The molecule has 0 aliphatic carbocycles. The van der Waals surface area contributed by atoms with E-state index in [0.29, 0.717) is 27.9 Å². The molecule has 0 saturated carbocycles. The van der Waals surface area contributed by atoms with Gasteiger partial charge in [-0.25, -0.2) is 4.79 Å². The van der Waals surface area contributed by atoms with Gasteiger partial charge in [-0.2, -0.15) is 0 Å². The third-order valence-corrected chi connectivity index (χ3v) is 3.12. The highest BCUT2D eigenvalue weighted by atomic mass is 16.5. The van der Waals surface area contributed by atoms with Crippen molar-refractivity contribution in [2.24, 2.45) is 0 Å². The van der Waals surface area contributed by atoms with E-state index >= 15 is 0 Å².